The minimum Gasteiger partial charge on any atom is -0.490 e. The lowest BCUT2D eigenvalue weighted by molar-refractivity contribution is -0.120. The predicted octanol–water partition coefficient (Wildman–Crippen LogP) is 3.98. The summed E-state index contributed by atoms with van der Waals surface area (Å²) in [7, 11) is 0. The van der Waals surface area contributed by atoms with E-state index in [1.165, 1.54) is 30.5 Å². The smallest absolute Gasteiger partial charge is 0.345 e. The molecule has 0 aliphatic heterocycles. The van der Waals surface area contributed by atoms with Gasteiger partial charge in [0.25, 0.3) is 11.8 Å². The minimum absolute atomic E-state index is 0.0973. The molecular weight excluding hydrogens is 477 g/mol. The number of halogens is 2. The average Bonchev–Trinajstić information content (AvgIpc) is 2.84. The highest BCUT2D eigenvalue weighted by Gasteiger charge is 2.15. The Hall–Kier alpha value is -4.24. The summed E-state index contributed by atoms with van der Waals surface area (Å²) in [5.41, 5.74) is 3.14. The molecule has 0 saturated heterocycles. The third-order valence-corrected chi connectivity index (χ3v) is 4.79. The van der Waals surface area contributed by atoms with Crippen molar-refractivity contribution in [3.63, 3.8) is 0 Å². The highest BCUT2D eigenvalue weighted by atomic mass is 35.5. The lowest BCUT2D eigenvalue weighted by atomic mass is 10.2. The van der Waals surface area contributed by atoms with Crippen molar-refractivity contribution in [2.24, 2.45) is 5.10 Å². The zero-order valence-corrected chi connectivity index (χ0v) is 19.3. The molecule has 0 aliphatic carbocycles. The number of hydrogen-bond acceptors (Lipinski definition) is 6. The van der Waals surface area contributed by atoms with Gasteiger partial charge in [-0.15, -0.1) is 0 Å². The second kappa shape index (κ2) is 12.3. The van der Waals surface area contributed by atoms with E-state index in [1.807, 2.05) is 0 Å². The molecule has 0 atom stereocenters. The molecule has 0 saturated carbocycles. The first-order chi connectivity index (χ1) is 16.9. The van der Waals surface area contributed by atoms with E-state index < -0.39 is 23.6 Å². The molecule has 2 amide bonds. The highest BCUT2D eigenvalue weighted by molar-refractivity contribution is 6.33. The van der Waals surface area contributed by atoms with E-state index in [9.17, 15) is 18.8 Å². The molecule has 0 fully saturated rings. The summed E-state index contributed by atoms with van der Waals surface area (Å²) in [6.07, 6.45) is 1.36. The number of carbonyl (C=O) groups excluding carboxylic acids is 3. The third kappa shape index (κ3) is 7.38. The molecule has 3 rings (SSSR count). The van der Waals surface area contributed by atoms with Crippen molar-refractivity contribution in [2.45, 2.75) is 6.92 Å². The summed E-state index contributed by atoms with van der Waals surface area (Å²) < 4.78 is 24.2. The van der Waals surface area contributed by atoms with Gasteiger partial charge in [0.15, 0.2) is 11.5 Å². The van der Waals surface area contributed by atoms with Crippen LogP contribution in [0.25, 0.3) is 0 Å². The molecular formula is C25H21ClFN3O5. The monoisotopic (exact) mass is 497 g/mol. The molecule has 8 nitrogen and oxygen atoms in total. The van der Waals surface area contributed by atoms with Gasteiger partial charge in [-0.25, -0.2) is 14.6 Å². The number of amides is 2. The van der Waals surface area contributed by atoms with E-state index in [1.54, 1.807) is 43.3 Å². The molecule has 35 heavy (non-hydrogen) atoms. The molecule has 3 aromatic carbocycles. The molecule has 0 unspecified atom stereocenters. The van der Waals surface area contributed by atoms with Crippen molar-refractivity contribution >= 4 is 35.6 Å². The maximum atomic E-state index is 13.2. The van der Waals surface area contributed by atoms with Crippen LogP contribution < -0.4 is 20.2 Å². The number of nitrogens with zero attached hydrogens (tertiary/aromatic N) is 1. The Kier molecular flexibility index (Phi) is 8.91. The number of carbonyl (C=O) groups is 3. The summed E-state index contributed by atoms with van der Waals surface area (Å²) in [5.74, 6) is -1.87. The SMILES string of the molecule is CCOc1cc(/C=N/NC(=O)CNC(=O)c2cccc(F)c2)ccc1OC(=O)c1ccccc1Cl. The van der Waals surface area contributed by atoms with Crippen LogP contribution in [0.15, 0.2) is 71.8 Å². The van der Waals surface area contributed by atoms with Crippen LogP contribution in [0.2, 0.25) is 5.02 Å². The Labute approximate surface area is 205 Å². The average molecular weight is 498 g/mol. The van der Waals surface area contributed by atoms with E-state index in [4.69, 9.17) is 21.1 Å². The summed E-state index contributed by atoms with van der Waals surface area (Å²) in [4.78, 5) is 36.4. The largest absolute Gasteiger partial charge is 0.490 e. The first-order valence-electron chi connectivity index (χ1n) is 10.5. The van der Waals surface area contributed by atoms with Crippen LogP contribution in [0.5, 0.6) is 11.5 Å². The van der Waals surface area contributed by atoms with Crippen LogP contribution in [0, 0.1) is 5.82 Å². The Morgan fingerprint density at radius 1 is 1.03 bits per heavy atom. The molecule has 0 aliphatic rings. The topological polar surface area (TPSA) is 106 Å². The number of ether oxygens (including phenoxy) is 2. The summed E-state index contributed by atoms with van der Waals surface area (Å²) in [6.45, 7) is 1.74. The third-order valence-electron chi connectivity index (χ3n) is 4.46. The Morgan fingerprint density at radius 3 is 2.57 bits per heavy atom. The molecule has 2 N–H and O–H groups in total. The maximum absolute atomic E-state index is 13.2. The van der Waals surface area contributed by atoms with Gasteiger partial charge < -0.3 is 14.8 Å². The van der Waals surface area contributed by atoms with Gasteiger partial charge >= 0.3 is 5.97 Å². The molecule has 0 spiro atoms. The molecule has 0 aromatic heterocycles. The van der Waals surface area contributed by atoms with Gasteiger partial charge in [0.1, 0.15) is 5.82 Å². The Bertz CT molecular complexity index is 1270. The van der Waals surface area contributed by atoms with Crippen molar-refractivity contribution < 1.29 is 28.2 Å². The van der Waals surface area contributed by atoms with Gasteiger partial charge in [0, 0.05) is 5.56 Å². The molecule has 0 heterocycles. The fourth-order valence-corrected chi connectivity index (χ4v) is 3.06. The van der Waals surface area contributed by atoms with E-state index in [2.05, 4.69) is 15.8 Å². The van der Waals surface area contributed by atoms with Gasteiger partial charge in [0.2, 0.25) is 0 Å². The van der Waals surface area contributed by atoms with Gasteiger partial charge in [-0.3, -0.25) is 9.59 Å². The van der Waals surface area contributed by atoms with Crippen LogP contribution in [-0.4, -0.2) is 37.1 Å². The number of benzene rings is 3. The first kappa shape index (κ1) is 25.4. The van der Waals surface area contributed by atoms with Crippen LogP contribution in [0.4, 0.5) is 4.39 Å². The van der Waals surface area contributed by atoms with Crippen molar-refractivity contribution in [3.05, 3.63) is 94.3 Å². The molecule has 3 aromatic rings. The second-order valence-electron chi connectivity index (χ2n) is 6.99. The van der Waals surface area contributed by atoms with Crippen LogP contribution in [-0.2, 0) is 4.79 Å². The quantitative estimate of drug-likeness (QED) is 0.201. The van der Waals surface area contributed by atoms with Crippen molar-refractivity contribution in [1.82, 2.24) is 10.7 Å². The molecule has 0 radical (unpaired) electrons. The van der Waals surface area contributed by atoms with Crippen LogP contribution in [0.3, 0.4) is 0 Å². The summed E-state index contributed by atoms with van der Waals surface area (Å²) in [6, 6.07) is 16.3. The Balaban J connectivity index is 1.58. The van der Waals surface area contributed by atoms with Crippen molar-refractivity contribution in [1.29, 1.82) is 0 Å². The van der Waals surface area contributed by atoms with Gasteiger partial charge in [0.05, 0.1) is 30.0 Å². The number of esters is 1. The zero-order chi connectivity index (χ0) is 25.2. The molecule has 0 bridgehead atoms. The predicted molar refractivity (Wildman–Crippen MR) is 128 cm³/mol. The van der Waals surface area contributed by atoms with Crippen LogP contribution >= 0.6 is 11.6 Å². The van der Waals surface area contributed by atoms with Crippen LogP contribution in [0.1, 0.15) is 33.2 Å². The number of nitrogens with one attached hydrogen (secondary N) is 2. The highest BCUT2D eigenvalue weighted by Crippen LogP contribution is 2.29. The van der Waals surface area contributed by atoms with Crippen molar-refractivity contribution in [2.75, 3.05) is 13.2 Å². The second-order valence-corrected chi connectivity index (χ2v) is 7.40. The van der Waals surface area contributed by atoms with Crippen molar-refractivity contribution in [3.8, 4) is 11.5 Å². The summed E-state index contributed by atoms with van der Waals surface area (Å²) >= 11 is 6.05. The lowest BCUT2D eigenvalue weighted by Gasteiger charge is -2.12. The summed E-state index contributed by atoms with van der Waals surface area (Å²) in [5, 5.41) is 6.48. The number of hydrazone groups is 1. The maximum Gasteiger partial charge on any atom is 0.345 e. The first-order valence-corrected chi connectivity index (χ1v) is 10.8. The van der Waals surface area contributed by atoms with E-state index in [0.717, 1.165) is 6.07 Å². The molecule has 10 heteroatoms. The fraction of sp³-hybridized carbons (Fsp3) is 0.120. The number of hydrogen-bond donors (Lipinski definition) is 2. The fourth-order valence-electron chi connectivity index (χ4n) is 2.85. The standard InChI is InChI=1S/C25H21ClFN3O5/c1-2-34-22-12-16(10-11-21(22)35-25(33)19-8-3-4-9-20(19)26)14-29-30-23(31)15-28-24(32)17-6-5-7-18(27)13-17/h3-14H,2,15H2,1H3,(H,28,32)(H,30,31)/b29-14+. The van der Waals surface area contributed by atoms with E-state index >= 15 is 0 Å². The molecule has 180 valence electrons. The minimum atomic E-state index is -0.634. The number of rotatable bonds is 9. The normalized spacial score (nSPS) is 10.6. The van der Waals surface area contributed by atoms with E-state index in [-0.39, 0.29) is 28.4 Å². The zero-order valence-electron chi connectivity index (χ0n) is 18.6. The lowest BCUT2D eigenvalue weighted by Crippen LogP contribution is -2.34. The van der Waals surface area contributed by atoms with Gasteiger partial charge in [-0.2, -0.15) is 5.10 Å². The van der Waals surface area contributed by atoms with E-state index in [0.29, 0.717) is 17.9 Å². The Morgan fingerprint density at radius 2 is 1.83 bits per heavy atom. The van der Waals surface area contributed by atoms with Gasteiger partial charge in [-0.05, 0) is 61.0 Å². The van der Waals surface area contributed by atoms with Gasteiger partial charge in [-0.1, -0.05) is 29.8 Å².